The van der Waals surface area contributed by atoms with Crippen LogP contribution in [0.15, 0.2) is 0 Å². The molecule has 0 aliphatic carbocycles. The first-order chi connectivity index (χ1) is 2.56. The van der Waals surface area contributed by atoms with Crippen LogP contribution in [0.1, 0.15) is 0 Å². The molecule has 0 saturated carbocycles. The number of rotatable bonds is 1. The van der Waals surface area contributed by atoms with E-state index in [2.05, 4.69) is 21.7 Å². The number of halogens is 4. The molecule has 6 heavy (non-hydrogen) atoms. The Labute approximate surface area is 49.2 Å². The zero-order valence-corrected chi connectivity index (χ0v) is 5.65. The summed E-state index contributed by atoms with van der Waals surface area (Å²) in [5, 5.41) is 0. The Hall–Kier alpha value is 0.959. The third kappa shape index (κ3) is 4.96. The van der Waals surface area contributed by atoms with Gasteiger partial charge in [-0.3, -0.25) is 0 Å². The Morgan fingerprint density at radius 3 is 1.67 bits per heavy atom. The van der Waals surface area contributed by atoms with Crippen LogP contribution >= 0.6 is 21.7 Å². The first-order valence-corrected chi connectivity index (χ1v) is 4.41. The van der Waals surface area contributed by atoms with E-state index in [1.807, 2.05) is 0 Å². The molecule has 0 aromatic heterocycles. The van der Waals surface area contributed by atoms with Gasteiger partial charge >= 0.3 is 48.8 Å². The summed E-state index contributed by atoms with van der Waals surface area (Å²) in [5.74, 6) is 0. The van der Waals surface area contributed by atoms with E-state index in [1.54, 1.807) is 0 Å². The fourth-order valence-electron chi connectivity index (χ4n) is 0. The van der Waals surface area contributed by atoms with E-state index in [1.165, 1.54) is 0 Å². The van der Waals surface area contributed by atoms with Gasteiger partial charge in [-0.15, -0.1) is 0 Å². The zero-order chi connectivity index (χ0) is 5.21. The van der Waals surface area contributed by atoms with Crippen LogP contribution in [0.4, 0.5) is 8.78 Å². The molecule has 0 aromatic carbocycles. The maximum atomic E-state index is 11.1. The molecular formula is CCl2F2Se. The van der Waals surface area contributed by atoms with Crippen molar-refractivity contribution < 1.29 is 8.78 Å². The van der Waals surface area contributed by atoms with Crippen LogP contribution in [0.25, 0.3) is 0 Å². The molecule has 0 atom stereocenters. The van der Waals surface area contributed by atoms with Gasteiger partial charge in [0.2, 0.25) is 0 Å². The van der Waals surface area contributed by atoms with Crippen molar-refractivity contribution in [3.8, 4) is 0 Å². The van der Waals surface area contributed by atoms with Gasteiger partial charge in [0.25, 0.3) is 0 Å². The van der Waals surface area contributed by atoms with E-state index in [0.717, 1.165) is 0 Å². The Balaban J connectivity index is 3.17. The van der Waals surface area contributed by atoms with Crippen molar-refractivity contribution in [3.63, 3.8) is 0 Å². The Morgan fingerprint density at radius 2 is 1.67 bits per heavy atom. The van der Waals surface area contributed by atoms with Crippen molar-refractivity contribution in [3.05, 3.63) is 0 Å². The number of hydrogen-bond donors (Lipinski definition) is 0. The molecule has 38 valence electrons. The van der Waals surface area contributed by atoms with Crippen LogP contribution in [0.3, 0.4) is 0 Å². The van der Waals surface area contributed by atoms with E-state index in [0.29, 0.717) is 0 Å². The van der Waals surface area contributed by atoms with Gasteiger partial charge in [-0.05, 0) is 0 Å². The number of alkyl halides is 3. The summed E-state index contributed by atoms with van der Waals surface area (Å²) in [6.07, 6.45) is 0. The molecule has 0 aromatic rings. The molecule has 0 aliphatic rings. The SMILES string of the molecule is FC(F)(Cl)[Se]Cl. The van der Waals surface area contributed by atoms with Gasteiger partial charge in [0.15, 0.2) is 0 Å². The minimum absolute atomic E-state index is 1.28. The molecular weight excluding hydrogens is 200 g/mol. The summed E-state index contributed by atoms with van der Waals surface area (Å²) in [4.78, 5) is 0. The van der Waals surface area contributed by atoms with Gasteiger partial charge < -0.3 is 0 Å². The zero-order valence-electron chi connectivity index (χ0n) is 2.42. The molecule has 0 aliphatic heterocycles. The van der Waals surface area contributed by atoms with E-state index in [-0.39, 0.29) is 0 Å². The van der Waals surface area contributed by atoms with Gasteiger partial charge in [0.05, 0.1) is 0 Å². The third-order valence-electron chi connectivity index (χ3n) is 0.0875. The van der Waals surface area contributed by atoms with Crippen molar-refractivity contribution in [1.82, 2.24) is 0 Å². The van der Waals surface area contributed by atoms with Crippen molar-refractivity contribution in [2.75, 3.05) is 0 Å². The van der Waals surface area contributed by atoms with Crippen LogP contribution in [-0.2, 0) is 0 Å². The molecule has 0 spiro atoms. The van der Waals surface area contributed by atoms with Gasteiger partial charge in [-0.2, -0.15) is 0 Å². The fourth-order valence-corrected chi connectivity index (χ4v) is 0. The summed E-state index contributed by atoms with van der Waals surface area (Å²) in [6.45, 7) is 0. The van der Waals surface area contributed by atoms with Crippen LogP contribution in [0.2, 0.25) is 0 Å². The van der Waals surface area contributed by atoms with Gasteiger partial charge in [-0.25, -0.2) is 0 Å². The molecule has 0 rings (SSSR count). The third-order valence-corrected chi connectivity index (χ3v) is 2.27. The minimum atomic E-state index is -3.16. The standard InChI is InChI=1S/CCl2F2Se/c2-1(4,5)6-3. The first-order valence-electron chi connectivity index (χ1n) is 0.925. The molecule has 0 fully saturated rings. The monoisotopic (exact) mass is 200 g/mol. The van der Waals surface area contributed by atoms with Crippen molar-refractivity contribution in [2.24, 2.45) is 0 Å². The second-order valence-electron chi connectivity index (χ2n) is 0.523. The van der Waals surface area contributed by atoms with Crippen LogP contribution < -0.4 is 0 Å². The first kappa shape index (κ1) is 6.96. The normalized spacial score (nSPS) is 12.0. The molecule has 0 radical (unpaired) electrons. The predicted octanol–water partition coefficient (Wildman–Crippen LogP) is 1.63. The Bertz CT molecular complexity index is 41.3. The summed E-state index contributed by atoms with van der Waals surface area (Å²) in [5.41, 5.74) is 0. The molecule has 0 nitrogen and oxygen atoms in total. The Morgan fingerprint density at radius 1 is 1.50 bits per heavy atom. The van der Waals surface area contributed by atoms with Gasteiger partial charge in [0, 0.05) is 0 Å². The maximum absolute atomic E-state index is 11.1. The molecule has 0 heterocycles. The number of hydrogen-bond acceptors (Lipinski definition) is 0. The van der Waals surface area contributed by atoms with E-state index >= 15 is 0 Å². The summed E-state index contributed by atoms with van der Waals surface area (Å²) >= 11 is 3.00. The topological polar surface area (TPSA) is 0 Å². The van der Waals surface area contributed by atoms with Crippen molar-refractivity contribution in [2.45, 2.75) is 4.28 Å². The molecule has 0 bridgehead atoms. The van der Waals surface area contributed by atoms with Gasteiger partial charge in [0.1, 0.15) is 0 Å². The molecule has 0 amide bonds. The molecule has 0 N–H and O–H groups in total. The van der Waals surface area contributed by atoms with Gasteiger partial charge in [-0.1, -0.05) is 0 Å². The van der Waals surface area contributed by atoms with Crippen LogP contribution in [0, 0.1) is 0 Å². The van der Waals surface area contributed by atoms with E-state index in [9.17, 15) is 8.78 Å². The predicted molar refractivity (Wildman–Crippen MR) is 22.4 cm³/mol. The summed E-state index contributed by atoms with van der Waals surface area (Å²) in [7, 11) is 4.66. The second-order valence-corrected chi connectivity index (χ2v) is 3.71. The van der Waals surface area contributed by atoms with Crippen molar-refractivity contribution >= 4 is 35.7 Å². The molecule has 5 heteroatoms. The average molecular weight is 200 g/mol. The fraction of sp³-hybridized carbons (Fsp3) is 1.00. The second kappa shape index (κ2) is 2.31. The van der Waals surface area contributed by atoms with Crippen molar-refractivity contribution in [1.29, 1.82) is 0 Å². The molecule has 0 saturated heterocycles. The van der Waals surface area contributed by atoms with Crippen LogP contribution in [0.5, 0.6) is 0 Å². The van der Waals surface area contributed by atoms with E-state index < -0.39 is 18.3 Å². The summed E-state index contributed by atoms with van der Waals surface area (Å²) < 4.78 is 19.1. The Kier molecular flexibility index (Phi) is 2.68. The molecule has 0 unspecified atom stereocenters. The van der Waals surface area contributed by atoms with E-state index in [4.69, 9.17) is 0 Å². The van der Waals surface area contributed by atoms with Crippen LogP contribution in [-0.4, -0.2) is 18.3 Å². The quantitative estimate of drug-likeness (QED) is 0.445. The average Bonchev–Trinajstić information content (AvgIpc) is 1.35. The summed E-state index contributed by atoms with van der Waals surface area (Å²) in [6, 6.07) is 0.